The van der Waals surface area contributed by atoms with Crippen LogP contribution in [0.1, 0.15) is 16.8 Å². The van der Waals surface area contributed by atoms with Gasteiger partial charge >= 0.3 is 6.18 Å². The smallest absolute Gasteiger partial charge is 0.409 e. The fourth-order valence-electron chi connectivity index (χ4n) is 1.72. The van der Waals surface area contributed by atoms with Crippen molar-refractivity contribution in [2.24, 2.45) is 10.9 Å². The maximum Gasteiger partial charge on any atom is 0.416 e. The van der Waals surface area contributed by atoms with E-state index < -0.39 is 17.6 Å². The zero-order valence-corrected chi connectivity index (χ0v) is 10.4. The Bertz CT molecular complexity index is 661. The van der Waals surface area contributed by atoms with Gasteiger partial charge in [-0.25, -0.2) is 4.68 Å². The summed E-state index contributed by atoms with van der Waals surface area (Å²) in [5, 5.41) is 15.6. The Morgan fingerprint density at radius 2 is 2.05 bits per heavy atom. The standard InChI is InChI=1S/C12H11F3N4O/c1-7-4-5-19(17-7)10-3-2-8(12(13,14)15)6-9(10)11(16)18-20/h2-6,20H,1H3,(H2,16,18). The lowest BCUT2D eigenvalue weighted by atomic mass is 10.1. The number of benzene rings is 1. The number of halogens is 3. The molecule has 106 valence electrons. The van der Waals surface area contributed by atoms with Crippen LogP contribution in [0.3, 0.4) is 0 Å². The van der Waals surface area contributed by atoms with Gasteiger partial charge < -0.3 is 10.9 Å². The first-order valence-electron chi connectivity index (χ1n) is 5.54. The second-order valence-corrected chi connectivity index (χ2v) is 4.12. The Morgan fingerprint density at radius 1 is 1.35 bits per heavy atom. The van der Waals surface area contributed by atoms with Crippen molar-refractivity contribution in [3.63, 3.8) is 0 Å². The van der Waals surface area contributed by atoms with Crippen LogP contribution in [-0.2, 0) is 6.18 Å². The first-order valence-corrected chi connectivity index (χ1v) is 5.54. The zero-order valence-electron chi connectivity index (χ0n) is 10.4. The summed E-state index contributed by atoms with van der Waals surface area (Å²) in [5.41, 5.74) is 5.49. The van der Waals surface area contributed by atoms with Crippen LogP contribution in [0.4, 0.5) is 13.2 Å². The van der Waals surface area contributed by atoms with Crippen molar-refractivity contribution in [3.8, 4) is 5.69 Å². The van der Waals surface area contributed by atoms with E-state index in [-0.39, 0.29) is 5.56 Å². The van der Waals surface area contributed by atoms with Gasteiger partial charge in [0.2, 0.25) is 0 Å². The topological polar surface area (TPSA) is 76.4 Å². The molecule has 1 aromatic heterocycles. The predicted octanol–water partition coefficient (Wildman–Crippen LogP) is 2.29. The first-order chi connectivity index (χ1) is 9.32. The van der Waals surface area contributed by atoms with Gasteiger partial charge in [-0.1, -0.05) is 5.16 Å². The molecule has 3 N–H and O–H groups in total. The third kappa shape index (κ3) is 2.58. The van der Waals surface area contributed by atoms with Crippen LogP contribution < -0.4 is 5.73 Å². The fourth-order valence-corrected chi connectivity index (χ4v) is 1.72. The Labute approximate surface area is 112 Å². The van der Waals surface area contributed by atoms with Crippen LogP contribution in [0.5, 0.6) is 0 Å². The zero-order chi connectivity index (χ0) is 14.9. The number of hydrogen-bond acceptors (Lipinski definition) is 3. The molecular formula is C12H11F3N4O. The Morgan fingerprint density at radius 3 is 2.55 bits per heavy atom. The maximum absolute atomic E-state index is 12.7. The highest BCUT2D eigenvalue weighted by atomic mass is 19.4. The summed E-state index contributed by atoms with van der Waals surface area (Å²) in [5.74, 6) is -0.417. The predicted molar refractivity (Wildman–Crippen MR) is 65.8 cm³/mol. The van der Waals surface area contributed by atoms with Crippen molar-refractivity contribution in [1.29, 1.82) is 0 Å². The van der Waals surface area contributed by atoms with Crippen molar-refractivity contribution in [2.45, 2.75) is 13.1 Å². The van der Waals surface area contributed by atoms with E-state index in [2.05, 4.69) is 10.3 Å². The number of nitrogens with two attached hydrogens (primary N) is 1. The molecule has 0 bridgehead atoms. The average molecular weight is 284 g/mol. The van der Waals surface area contributed by atoms with E-state index >= 15 is 0 Å². The molecule has 0 radical (unpaired) electrons. The molecule has 1 aromatic carbocycles. The van der Waals surface area contributed by atoms with E-state index in [0.29, 0.717) is 11.4 Å². The number of aromatic nitrogens is 2. The highest BCUT2D eigenvalue weighted by Crippen LogP contribution is 2.31. The minimum Gasteiger partial charge on any atom is -0.409 e. The Kier molecular flexibility index (Phi) is 3.39. The molecule has 0 fully saturated rings. The number of rotatable bonds is 2. The molecule has 2 aromatic rings. The molecule has 8 heteroatoms. The molecule has 0 unspecified atom stereocenters. The van der Waals surface area contributed by atoms with E-state index in [0.717, 1.165) is 12.1 Å². The van der Waals surface area contributed by atoms with Crippen molar-refractivity contribution in [2.75, 3.05) is 0 Å². The lowest BCUT2D eigenvalue weighted by Crippen LogP contribution is -2.18. The van der Waals surface area contributed by atoms with Crippen molar-refractivity contribution in [3.05, 3.63) is 47.3 Å². The third-order valence-electron chi connectivity index (χ3n) is 2.68. The molecule has 1 heterocycles. The Hall–Kier alpha value is -2.51. The summed E-state index contributed by atoms with van der Waals surface area (Å²) < 4.78 is 39.5. The summed E-state index contributed by atoms with van der Waals surface area (Å²) in [6.45, 7) is 1.74. The SMILES string of the molecule is Cc1ccn(-c2ccc(C(F)(F)F)cc2C(N)=NO)n1. The molecule has 0 amide bonds. The third-order valence-corrected chi connectivity index (χ3v) is 2.68. The van der Waals surface area contributed by atoms with Crippen LogP contribution in [-0.4, -0.2) is 20.8 Å². The first kappa shape index (κ1) is 13.9. The van der Waals surface area contributed by atoms with Crippen molar-refractivity contribution < 1.29 is 18.4 Å². The van der Waals surface area contributed by atoms with Gasteiger partial charge in [0.1, 0.15) is 0 Å². The van der Waals surface area contributed by atoms with Crippen LogP contribution in [0.25, 0.3) is 5.69 Å². The van der Waals surface area contributed by atoms with Crippen LogP contribution in [0.15, 0.2) is 35.6 Å². The molecule has 0 atom stereocenters. The van der Waals surface area contributed by atoms with E-state index in [9.17, 15) is 13.2 Å². The molecule has 2 rings (SSSR count). The molecule has 0 aliphatic carbocycles. The normalized spacial score (nSPS) is 12.7. The fraction of sp³-hybridized carbons (Fsp3) is 0.167. The van der Waals surface area contributed by atoms with Gasteiger partial charge in [0.15, 0.2) is 5.84 Å². The quantitative estimate of drug-likeness (QED) is 0.384. The lowest BCUT2D eigenvalue weighted by Gasteiger charge is -2.12. The van der Waals surface area contributed by atoms with Crippen molar-refractivity contribution >= 4 is 5.84 Å². The highest BCUT2D eigenvalue weighted by Gasteiger charge is 2.31. The number of amidine groups is 1. The van der Waals surface area contributed by atoms with E-state index in [1.54, 1.807) is 19.2 Å². The average Bonchev–Trinajstić information content (AvgIpc) is 2.82. The van der Waals surface area contributed by atoms with Crippen LogP contribution in [0.2, 0.25) is 0 Å². The van der Waals surface area contributed by atoms with Gasteiger partial charge in [0, 0.05) is 11.8 Å². The van der Waals surface area contributed by atoms with Crippen LogP contribution in [0, 0.1) is 6.92 Å². The summed E-state index contributed by atoms with van der Waals surface area (Å²) in [4.78, 5) is 0. The Balaban J connectivity index is 2.63. The summed E-state index contributed by atoms with van der Waals surface area (Å²) in [6, 6.07) is 4.65. The highest BCUT2D eigenvalue weighted by molar-refractivity contribution is 6.00. The van der Waals surface area contributed by atoms with Gasteiger partial charge in [-0.2, -0.15) is 18.3 Å². The van der Waals surface area contributed by atoms with E-state index in [1.165, 1.54) is 10.7 Å². The summed E-state index contributed by atoms with van der Waals surface area (Å²) in [6.07, 6.45) is -2.94. The second-order valence-electron chi connectivity index (χ2n) is 4.12. The molecule has 0 spiro atoms. The van der Waals surface area contributed by atoms with Crippen LogP contribution >= 0.6 is 0 Å². The number of alkyl halides is 3. The number of oxime groups is 1. The number of nitrogens with zero attached hydrogens (tertiary/aromatic N) is 3. The van der Waals surface area contributed by atoms with Gasteiger partial charge in [-0.05, 0) is 31.2 Å². The van der Waals surface area contributed by atoms with Gasteiger partial charge in [-0.15, -0.1) is 0 Å². The number of aryl methyl sites for hydroxylation is 1. The second kappa shape index (κ2) is 4.87. The molecule has 20 heavy (non-hydrogen) atoms. The van der Waals surface area contributed by atoms with Crippen molar-refractivity contribution in [1.82, 2.24) is 9.78 Å². The summed E-state index contributed by atoms with van der Waals surface area (Å²) in [7, 11) is 0. The molecule has 0 aliphatic heterocycles. The minimum atomic E-state index is -4.51. The monoisotopic (exact) mass is 284 g/mol. The lowest BCUT2D eigenvalue weighted by molar-refractivity contribution is -0.137. The molecular weight excluding hydrogens is 273 g/mol. The summed E-state index contributed by atoms with van der Waals surface area (Å²) >= 11 is 0. The van der Waals surface area contributed by atoms with Gasteiger partial charge in [-0.3, -0.25) is 0 Å². The van der Waals surface area contributed by atoms with E-state index in [1.807, 2.05) is 0 Å². The molecule has 0 aliphatic rings. The van der Waals surface area contributed by atoms with E-state index in [4.69, 9.17) is 10.9 Å². The van der Waals surface area contributed by atoms with Gasteiger partial charge in [0.05, 0.1) is 16.9 Å². The largest absolute Gasteiger partial charge is 0.416 e. The molecule has 5 nitrogen and oxygen atoms in total. The van der Waals surface area contributed by atoms with Gasteiger partial charge in [0.25, 0.3) is 0 Å². The minimum absolute atomic E-state index is 0.0505. The maximum atomic E-state index is 12.7. The molecule has 0 saturated heterocycles. The molecule has 0 saturated carbocycles. The number of hydrogen-bond donors (Lipinski definition) is 2.